The molecule has 5 N–H and O–H groups in total. The van der Waals surface area contributed by atoms with Crippen LogP contribution in [0, 0.1) is 10.1 Å². The second-order valence-electron chi connectivity index (χ2n) is 3.27. The standard InChI is InChI=1S/C10H13N5O3/c11-5-1-2-6-13-10-8(15(17)18)4-3-7(14-10)9(12)16/h1-4H,5-6,11H2,(H2,12,16)(H,13,14)/b2-1+. The van der Waals surface area contributed by atoms with Crippen molar-refractivity contribution in [2.75, 3.05) is 18.4 Å². The Morgan fingerprint density at radius 2 is 2.22 bits per heavy atom. The highest BCUT2D eigenvalue weighted by molar-refractivity contribution is 5.91. The summed E-state index contributed by atoms with van der Waals surface area (Å²) in [6.07, 6.45) is 3.39. The lowest BCUT2D eigenvalue weighted by Gasteiger charge is -2.04. The minimum Gasteiger partial charge on any atom is -0.364 e. The molecular formula is C10H13N5O3. The third-order valence-corrected chi connectivity index (χ3v) is 2.01. The summed E-state index contributed by atoms with van der Waals surface area (Å²) in [4.78, 5) is 24.9. The minimum absolute atomic E-state index is 0.00188. The van der Waals surface area contributed by atoms with E-state index in [1.54, 1.807) is 12.2 Å². The van der Waals surface area contributed by atoms with E-state index >= 15 is 0 Å². The van der Waals surface area contributed by atoms with Gasteiger partial charge in [-0.1, -0.05) is 12.2 Å². The summed E-state index contributed by atoms with van der Waals surface area (Å²) in [6, 6.07) is 2.39. The molecule has 0 bridgehead atoms. The van der Waals surface area contributed by atoms with E-state index in [2.05, 4.69) is 10.3 Å². The van der Waals surface area contributed by atoms with Crippen LogP contribution in [0.25, 0.3) is 0 Å². The van der Waals surface area contributed by atoms with Crippen LogP contribution in [-0.4, -0.2) is 28.9 Å². The molecule has 0 aliphatic heterocycles. The van der Waals surface area contributed by atoms with Gasteiger partial charge in [-0.25, -0.2) is 4.98 Å². The van der Waals surface area contributed by atoms with E-state index in [1.807, 2.05) is 0 Å². The zero-order valence-electron chi connectivity index (χ0n) is 9.50. The van der Waals surface area contributed by atoms with Crippen LogP contribution in [0.4, 0.5) is 11.5 Å². The van der Waals surface area contributed by atoms with Crippen molar-refractivity contribution >= 4 is 17.4 Å². The number of aromatic nitrogens is 1. The Labute approximate surface area is 103 Å². The minimum atomic E-state index is -0.745. The fourth-order valence-corrected chi connectivity index (χ4v) is 1.20. The van der Waals surface area contributed by atoms with E-state index in [0.29, 0.717) is 13.1 Å². The van der Waals surface area contributed by atoms with Crippen molar-refractivity contribution in [1.29, 1.82) is 0 Å². The highest BCUT2D eigenvalue weighted by atomic mass is 16.6. The first-order valence-corrected chi connectivity index (χ1v) is 5.10. The first-order valence-electron chi connectivity index (χ1n) is 5.10. The third kappa shape index (κ3) is 3.52. The Balaban J connectivity index is 2.96. The van der Waals surface area contributed by atoms with Gasteiger partial charge in [0.15, 0.2) is 0 Å². The van der Waals surface area contributed by atoms with Gasteiger partial charge in [0.2, 0.25) is 5.82 Å². The maximum Gasteiger partial charge on any atom is 0.311 e. The molecule has 1 aromatic rings. The van der Waals surface area contributed by atoms with Crippen molar-refractivity contribution in [3.63, 3.8) is 0 Å². The molecule has 0 saturated carbocycles. The molecule has 1 amide bonds. The zero-order chi connectivity index (χ0) is 13.5. The van der Waals surface area contributed by atoms with Gasteiger partial charge in [0, 0.05) is 19.2 Å². The highest BCUT2D eigenvalue weighted by Crippen LogP contribution is 2.21. The van der Waals surface area contributed by atoms with E-state index < -0.39 is 10.8 Å². The molecule has 8 nitrogen and oxygen atoms in total. The summed E-state index contributed by atoms with van der Waals surface area (Å²) in [7, 11) is 0. The van der Waals surface area contributed by atoms with Crippen LogP contribution in [0.1, 0.15) is 10.5 Å². The molecule has 0 fully saturated rings. The fraction of sp³-hybridized carbons (Fsp3) is 0.200. The van der Waals surface area contributed by atoms with Gasteiger partial charge in [0.25, 0.3) is 5.91 Å². The van der Waals surface area contributed by atoms with Crippen LogP contribution in [0.3, 0.4) is 0 Å². The van der Waals surface area contributed by atoms with Gasteiger partial charge in [0.05, 0.1) is 4.92 Å². The van der Waals surface area contributed by atoms with Gasteiger partial charge in [-0.2, -0.15) is 0 Å². The predicted molar refractivity (Wildman–Crippen MR) is 66.1 cm³/mol. The summed E-state index contributed by atoms with van der Waals surface area (Å²) < 4.78 is 0. The molecule has 0 spiro atoms. The molecule has 0 aromatic carbocycles. The van der Waals surface area contributed by atoms with Crippen molar-refractivity contribution in [1.82, 2.24) is 4.98 Å². The molecule has 0 atom stereocenters. The summed E-state index contributed by atoms with van der Waals surface area (Å²) in [5, 5.41) is 13.5. The van der Waals surface area contributed by atoms with E-state index in [4.69, 9.17) is 11.5 Å². The monoisotopic (exact) mass is 251 g/mol. The number of nitrogens with two attached hydrogens (primary N) is 2. The highest BCUT2D eigenvalue weighted by Gasteiger charge is 2.16. The molecule has 0 radical (unpaired) electrons. The van der Waals surface area contributed by atoms with Gasteiger partial charge in [0.1, 0.15) is 5.69 Å². The maximum absolute atomic E-state index is 10.9. The lowest BCUT2D eigenvalue weighted by Crippen LogP contribution is -2.15. The molecule has 1 heterocycles. The topological polar surface area (TPSA) is 137 Å². The molecule has 18 heavy (non-hydrogen) atoms. The smallest absolute Gasteiger partial charge is 0.311 e. The summed E-state index contributed by atoms with van der Waals surface area (Å²) in [6.45, 7) is 0.686. The number of rotatable bonds is 6. The lowest BCUT2D eigenvalue weighted by atomic mass is 10.3. The first kappa shape index (κ1) is 13.6. The predicted octanol–water partition coefficient (Wildman–Crippen LogP) is 0.0155. The largest absolute Gasteiger partial charge is 0.364 e. The molecule has 0 saturated heterocycles. The van der Waals surface area contributed by atoms with E-state index in [0.717, 1.165) is 0 Å². The van der Waals surface area contributed by atoms with E-state index in [1.165, 1.54) is 12.1 Å². The number of nitrogens with one attached hydrogen (secondary N) is 1. The Morgan fingerprint density at radius 1 is 1.50 bits per heavy atom. The third-order valence-electron chi connectivity index (χ3n) is 2.01. The Kier molecular flexibility index (Phi) is 4.76. The Bertz CT molecular complexity index is 486. The SMILES string of the molecule is NC/C=C/CNc1nc(C(N)=O)ccc1[N+](=O)[O-]. The molecule has 1 rings (SSSR count). The van der Waals surface area contributed by atoms with Crippen molar-refractivity contribution in [2.45, 2.75) is 0 Å². The number of nitrogens with zero attached hydrogens (tertiary/aromatic N) is 2. The number of amides is 1. The van der Waals surface area contributed by atoms with Gasteiger partial charge >= 0.3 is 5.69 Å². The number of hydrogen-bond donors (Lipinski definition) is 3. The molecule has 0 aliphatic carbocycles. The van der Waals surface area contributed by atoms with Gasteiger partial charge < -0.3 is 16.8 Å². The number of nitro groups is 1. The number of carbonyl (C=O) groups excluding carboxylic acids is 1. The van der Waals surface area contributed by atoms with Crippen molar-refractivity contribution in [2.24, 2.45) is 11.5 Å². The normalized spacial score (nSPS) is 10.5. The average Bonchev–Trinajstić information content (AvgIpc) is 2.34. The van der Waals surface area contributed by atoms with Crippen LogP contribution in [0.2, 0.25) is 0 Å². The number of carbonyl (C=O) groups is 1. The molecule has 8 heteroatoms. The van der Waals surface area contributed by atoms with E-state index in [-0.39, 0.29) is 17.2 Å². The summed E-state index contributed by atoms with van der Waals surface area (Å²) in [5.41, 5.74) is 10.0. The fourth-order valence-electron chi connectivity index (χ4n) is 1.20. The molecule has 96 valence electrons. The van der Waals surface area contributed by atoms with Crippen molar-refractivity contribution in [3.8, 4) is 0 Å². The van der Waals surface area contributed by atoms with Crippen LogP contribution >= 0.6 is 0 Å². The molecule has 1 aromatic heterocycles. The molecule has 0 unspecified atom stereocenters. The molecule has 0 aliphatic rings. The van der Waals surface area contributed by atoms with Crippen LogP contribution in [-0.2, 0) is 0 Å². The second kappa shape index (κ2) is 6.30. The lowest BCUT2D eigenvalue weighted by molar-refractivity contribution is -0.384. The summed E-state index contributed by atoms with van der Waals surface area (Å²) in [5.74, 6) is -0.747. The summed E-state index contributed by atoms with van der Waals surface area (Å²) >= 11 is 0. The van der Waals surface area contributed by atoms with Crippen LogP contribution < -0.4 is 16.8 Å². The van der Waals surface area contributed by atoms with Crippen molar-refractivity contribution in [3.05, 3.63) is 40.1 Å². The average molecular weight is 251 g/mol. The van der Waals surface area contributed by atoms with Gasteiger partial charge in [-0.05, 0) is 6.07 Å². The maximum atomic E-state index is 10.9. The zero-order valence-corrected chi connectivity index (χ0v) is 9.50. The number of primary amides is 1. The quantitative estimate of drug-likeness (QED) is 0.370. The van der Waals surface area contributed by atoms with Gasteiger partial charge in [-0.15, -0.1) is 0 Å². The first-order chi connectivity index (χ1) is 8.56. The van der Waals surface area contributed by atoms with Gasteiger partial charge in [-0.3, -0.25) is 14.9 Å². The van der Waals surface area contributed by atoms with E-state index in [9.17, 15) is 14.9 Å². The number of hydrogen-bond acceptors (Lipinski definition) is 6. The van der Waals surface area contributed by atoms with Crippen molar-refractivity contribution < 1.29 is 9.72 Å². The Hall–Kier alpha value is -2.48. The number of pyridine rings is 1. The molecular weight excluding hydrogens is 238 g/mol. The van der Waals surface area contributed by atoms with Crippen LogP contribution in [0.5, 0.6) is 0 Å². The number of anilines is 1. The Morgan fingerprint density at radius 3 is 2.78 bits per heavy atom. The second-order valence-corrected chi connectivity index (χ2v) is 3.27. The van der Waals surface area contributed by atoms with Crippen LogP contribution in [0.15, 0.2) is 24.3 Å².